The maximum atomic E-state index is 14.3. The van der Waals surface area contributed by atoms with Gasteiger partial charge < -0.3 is 10.4 Å². The maximum absolute atomic E-state index is 14.3. The van der Waals surface area contributed by atoms with Crippen LogP contribution >= 0.6 is 0 Å². The van der Waals surface area contributed by atoms with E-state index in [4.69, 9.17) is 5.11 Å². The fourth-order valence-corrected chi connectivity index (χ4v) is 4.39. The van der Waals surface area contributed by atoms with E-state index in [0.29, 0.717) is 24.9 Å². The lowest BCUT2D eigenvalue weighted by Gasteiger charge is -2.34. The van der Waals surface area contributed by atoms with Crippen LogP contribution in [0.2, 0.25) is 0 Å². The zero-order chi connectivity index (χ0) is 17.2. The molecule has 0 atom stereocenters. The van der Waals surface area contributed by atoms with Crippen molar-refractivity contribution in [1.29, 1.82) is 0 Å². The highest BCUT2D eigenvalue weighted by atomic mass is 19.2. The largest absolute Gasteiger partial charge is 0.481 e. The summed E-state index contributed by atoms with van der Waals surface area (Å²) >= 11 is 0. The second-order valence-corrected chi connectivity index (χ2v) is 7.36. The van der Waals surface area contributed by atoms with E-state index in [0.717, 1.165) is 38.5 Å². The van der Waals surface area contributed by atoms with Crippen LogP contribution in [0.1, 0.15) is 56.9 Å². The fourth-order valence-electron chi connectivity index (χ4n) is 4.39. The number of hydrogen-bond donors (Lipinski definition) is 2. The summed E-state index contributed by atoms with van der Waals surface area (Å²) in [7, 11) is 0. The standard InChI is InChI=1S/C19H25F2NO2/c20-16-5-3-4-15(17(16)21)19(10-1-2-11-19)12-22-14-8-6-13(7-9-14)18(23)24/h3-5,13-14,22H,1-2,6-12H2,(H,23,24). The van der Waals surface area contributed by atoms with Gasteiger partial charge in [0.1, 0.15) is 0 Å². The van der Waals surface area contributed by atoms with Gasteiger partial charge in [-0.2, -0.15) is 0 Å². The molecule has 3 rings (SSSR count). The van der Waals surface area contributed by atoms with Gasteiger partial charge in [-0.1, -0.05) is 25.0 Å². The van der Waals surface area contributed by atoms with Crippen LogP contribution in [-0.2, 0) is 10.2 Å². The fraction of sp³-hybridized carbons (Fsp3) is 0.632. The number of halogens is 2. The first-order valence-corrected chi connectivity index (χ1v) is 8.92. The molecule has 0 amide bonds. The molecule has 2 fully saturated rings. The van der Waals surface area contributed by atoms with Crippen LogP contribution < -0.4 is 5.32 Å². The lowest BCUT2D eigenvalue weighted by Crippen LogP contribution is -2.43. The van der Waals surface area contributed by atoms with Crippen molar-refractivity contribution in [3.63, 3.8) is 0 Å². The number of rotatable bonds is 5. The summed E-state index contributed by atoms with van der Waals surface area (Å²) in [5.74, 6) is -2.43. The van der Waals surface area contributed by atoms with Gasteiger partial charge in [-0.25, -0.2) is 8.78 Å². The third-order valence-electron chi connectivity index (χ3n) is 5.89. The number of benzene rings is 1. The van der Waals surface area contributed by atoms with Crippen LogP contribution in [0, 0.1) is 17.6 Å². The molecule has 0 radical (unpaired) electrons. The number of carboxylic acid groups (broad SMARTS) is 1. The maximum Gasteiger partial charge on any atom is 0.306 e. The van der Waals surface area contributed by atoms with Crippen molar-refractivity contribution in [2.75, 3.05) is 6.54 Å². The molecule has 2 N–H and O–H groups in total. The Morgan fingerprint density at radius 2 is 1.83 bits per heavy atom. The summed E-state index contributed by atoms with van der Waals surface area (Å²) in [6.45, 7) is 0.635. The molecule has 0 heterocycles. The highest BCUT2D eigenvalue weighted by Crippen LogP contribution is 2.42. The zero-order valence-corrected chi connectivity index (χ0v) is 13.9. The van der Waals surface area contributed by atoms with Crippen LogP contribution in [0.15, 0.2) is 18.2 Å². The second kappa shape index (κ2) is 7.18. The van der Waals surface area contributed by atoms with Crippen LogP contribution in [0.5, 0.6) is 0 Å². The monoisotopic (exact) mass is 337 g/mol. The summed E-state index contributed by atoms with van der Waals surface area (Å²) in [5, 5.41) is 12.6. The van der Waals surface area contributed by atoms with Gasteiger partial charge in [-0.05, 0) is 50.2 Å². The number of aliphatic carboxylic acids is 1. The van der Waals surface area contributed by atoms with E-state index in [2.05, 4.69) is 5.32 Å². The quantitative estimate of drug-likeness (QED) is 0.853. The van der Waals surface area contributed by atoms with Gasteiger partial charge in [0.25, 0.3) is 0 Å². The topological polar surface area (TPSA) is 49.3 Å². The predicted octanol–water partition coefficient (Wildman–Crippen LogP) is 4.01. The number of nitrogens with one attached hydrogen (secondary N) is 1. The Hall–Kier alpha value is -1.49. The van der Waals surface area contributed by atoms with Crippen molar-refractivity contribution in [3.05, 3.63) is 35.4 Å². The van der Waals surface area contributed by atoms with Gasteiger partial charge in [0.2, 0.25) is 0 Å². The Morgan fingerprint density at radius 1 is 1.17 bits per heavy atom. The molecular formula is C19H25F2NO2. The molecule has 0 bridgehead atoms. The van der Waals surface area contributed by atoms with Crippen molar-refractivity contribution in [2.45, 2.75) is 62.8 Å². The summed E-state index contributed by atoms with van der Waals surface area (Å²) in [6.07, 6.45) is 6.84. The minimum atomic E-state index is -0.777. The van der Waals surface area contributed by atoms with Crippen LogP contribution in [0.3, 0.4) is 0 Å². The molecular weight excluding hydrogens is 312 g/mol. The summed E-state index contributed by atoms with van der Waals surface area (Å²) in [6, 6.07) is 4.75. The highest BCUT2D eigenvalue weighted by molar-refractivity contribution is 5.70. The Bertz CT molecular complexity index is 591. The van der Waals surface area contributed by atoms with Crippen molar-refractivity contribution < 1.29 is 18.7 Å². The molecule has 2 aliphatic carbocycles. The predicted molar refractivity (Wildman–Crippen MR) is 87.9 cm³/mol. The van der Waals surface area contributed by atoms with Crippen LogP contribution in [0.4, 0.5) is 8.78 Å². The van der Waals surface area contributed by atoms with E-state index >= 15 is 0 Å². The van der Waals surface area contributed by atoms with Gasteiger partial charge >= 0.3 is 5.97 Å². The van der Waals surface area contributed by atoms with E-state index in [-0.39, 0.29) is 17.4 Å². The van der Waals surface area contributed by atoms with Gasteiger partial charge in [0.15, 0.2) is 11.6 Å². The van der Waals surface area contributed by atoms with Gasteiger partial charge in [0.05, 0.1) is 5.92 Å². The molecule has 0 aliphatic heterocycles. The molecule has 0 unspecified atom stereocenters. The van der Waals surface area contributed by atoms with E-state index in [1.54, 1.807) is 12.1 Å². The molecule has 1 aromatic rings. The Labute approximate surface area is 141 Å². The van der Waals surface area contributed by atoms with E-state index in [1.807, 2.05) is 0 Å². The smallest absolute Gasteiger partial charge is 0.306 e. The summed E-state index contributed by atoms with van der Waals surface area (Å²) in [5.41, 5.74) is 0.155. The SMILES string of the molecule is O=C(O)C1CCC(NCC2(c3cccc(F)c3F)CCCC2)CC1. The molecule has 132 valence electrons. The number of carboxylic acids is 1. The molecule has 3 nitrogen and oxygen atoms in total. The van der Waals surface area contributed by atoms with E-state index in [9.17, 15) is 13.6 Å². The van der Waals surface area contributed by atoms with E-state index in [1.165, 1.54) is 6.07 Å². The molecule has 0 aromatic heterocycles. The number of carbonyl (C=O) groups is 1. The Balaban J connectivity index is 1.67. The third-order valence-corrected chi connectivity index (χ3v) is 5.89. The highest BCUT2D eigenvalue weighted by Gasteiger charge is 2.39. The molecule has 2 aliphatic rings. The van der Waals surface area contributed by atoms with Gasteiger partial charge in [-0.3, -0.25) is 4.79 Å². The summed E-state index contributed by atoms with van der Waals surface area (Å²) < 4.78 is 28.0. The first-order chi connectivity index (χ1) is 11.5. The van der Waals surface area contributed by atoms with Gasteiger partial charge in [0, 0.05) is 18.0 Å². The average molecular weight is 337 g/mol. The lowest BCUT2D eigenvalue weighted by atomic mass is 9.77. The Morgan fingerprint density at radius 3 is 2.46 bits per heavy atom. The van der Waals surface area contributed by atoms with E-state index < -0.39 is 17.6 Å². The first kappa shape index (κ1) is 17.3. The first-order valence-electron chi connectivity index (χ1n) is 8.92. The zero-order valence-electron chi connectivity index (χ0n) is 13.9. The lowest BCUT2D eigenvalue weighted by molar-refractivity contribution is -0.142. The van der Waals surface area contributed by atoms with Crippen LogP contribution in [-0.4, -0.2) is 23.7 Å². The molecule has 1 aromatic carbocycles. The average Bonchev–Trinajstić information content (AvgIpc) is 3.06. The third kappa shape index (κ3) is 3.46. The molecule has 24 heavy (non-hydrogen) atoms. The van der Waals surface area contributed by atoms with Crippen molar-refractivity contribution in [1.82, 2.24) is 5.32 Å². The van der Waals surface area contributed by atoms with Crippen LogP contribution in [0.25, 0.3) is 0 Å². The Kier molecular flexibility index (Phi) is 5.18. The van der Waals surface area contributed by atoms with Crippen molar-refractivity contribution >= 4 is 5.97 Å². The summed E-state index contributed by atoms with van der Waals surface area (Å²) in [4.78, 5) is 11.0. The van der Waals surface area contributed by atoms with Crippen molar-refractivity contribution in [3.8, 4) is 0 Å². The number of hydrogen-bond acceptors (Lipinski definition) is 2. The normalized spacial score (nSPS) is 26.4. The minimum absolute atomic E-state index is 0.232. The molecule has 5 heteroatoms. The second-order valence-electron chi connectivity index (χ2n) is 7.36. The van der Waals surface area contributed by atoms with Crippen molar-refractivity contribution in [2.24, 2.45) is 5.92 Å². The minimum Gasteiger partial charge on any atom is -0.481 e. The molecule has 0 saturated heterocycles. The molecule has 2 saturated carbocycles. The van der Waals surface area contributed by atoms with Gasteiger partial charge in [-0.15, -0.1) is 0 Å². The molecule has 0 spiro atoms.